The average Bonchev–Trinajstić information content (AvgIpc) is 2.19. The molecule has 0 aliphatic heterocycles. The lowest BCUT2D eigenvalue weighted by molar-refractivity contribution is -0.385. The van der Waals surface area contributed by atoms with Crippen molar-refractivity contribution in [3.63, 3.8) is 0 Å². The Kier molecular flexibility index (Phi) is 3.89. The summed E-state index contributed by atoms with van der Waals surface area (Å²) in [4.78, 5) is 23.3. The van der Waals surface area contributed by atoms with Crippen molar-refractivity contribution in [2.24, 2.45) is 0 Å². The number of aromatic nitrogens is 1. The number of hydrogen-bond donors (Lipinski definition) is 1. The molecule has 1 heterocycles. The molecule has 92 valence electrons. The second kappa shape index (κ2) is 5.00. The molecule has 9 heteroatoms. The highest BCUT2D eigenvalue weighted by Crippen LogP contribution is 2.30. The van der Waals surface area contributed by atoms with E-state index >= 15 is 0 Å². The number of halogens is 3. The third-order valence-corrected chi connectivity index (χ3v) is 2.13. The van der Waals surface area contributed by atoms with E-state index in [1.165, 1.54) is 0 Å². The third kappa shape index (κ3) is 3.06. The number of pyridine rings is 1. The lowest BCUT2D eigenvalue weighted by atomic mass is 10.1. The van der Waals surface area contributed by atoms with Gasteiger partial charge in [0, 0.05) is 6.07 Å². The minimum absolute atomic E-state index is 0.395. The lowest BCUT2D eigenvalue weighted by Gasteiger charge is -2.05. The Labute approximate surface area is 98.0 Å². The van der Waals surface area contributed by atoms with Crippen molar-refractivity contribution in [3.8, 4) is 0 Å². The number of alkyl halides is 2. The van der Waals surface area contributed by atoms with Gasteiger partial charge < -0.3 is 5.11 Å². The summed E-state index contributed by atoms with van der Waals surface area (Å²) in [6, 6.07) is 0.523. The van der Waals surface area contributed by atoms with Gasteiger partial charge in [-0.05, 0) is 0 Å². The number of nitro groups is 1. The van der Waals surface area contributed by atoms with Gasteiger partial charge in [-0.2, -0.15) is 0 Å². The van der Waals surface area contributed by atoms with Crippen LogP contribution in [0.15, 0.2) is 6.07 Å². The molecule has 0 saturated carbocycles. The van der Waals surface area contributed by atoms with Crippen LogP contribution in [-0.2, 0) is 11.2 Å². The van der Waals surface area contributed by atoms with E-state index < -0.39 is 45.8 Å². The molecule has 1 aromatic rings. The number of carboxylic acids is 1. The smallest absolute Gasteiger partial charge is 0.308 e. The first-order valence-electron chi connectivity index (χ1n) is 4.16. The summed E-state index contributed by atoms with van der Waals surface area (Å²) >= 11 is 5.45. The summed E-state index contributed by atoms with van der Waals surface area (Å²) in [5.41, 5.74) is -2.04. The molecule has 0 unspecified atom stereocenters. The largest absolute Gasteiger partial charge is 0.481 e. The van der Waals surface area contributed by atoms with E-state index in [0.717, 1.165) is 0 Å². The van der Waals surface area contributed by atoms with Gasteiger partial charge in [0.2, 0.25) is 0 Å². The Balaban J connectivity index is 3.38. The van der Waals surface area contributed by atoms with Crippen LogP contribution in [-0.4, -0.2) is 21.0 Å². The van der Waals surface area contributed by atoms with Crippen LogP contribution < -0.4 is 0 Å². The van der Waals surface area contributed by atoms with Crippen LogP contribution in [0.3, 0.4) is 0 Å². The van der Waals surface area contributed by atoms with Gasteiger partial charge >= 0.3 is 5.97 Å². The maximum Gasteiger partial charge on any atom is 0.308 e. The van der Waals surface area contributed by atoms with Gasteiger partial charge in [-0.1, -0.05) is 11.6 Å². The highest BCUT2D eigenvalue weighted by Gasteiger charge is 2.24. The van der Waals surface area contributed by atoms with Crippen LogP contribution in [0.1, 0.15) is 17.7 Å². The highest BCUT2D eigenvalue weighted by atomic mass is 35.5. The number of nitrogens with zero attached hydrogens (tertiary/aromatic N) is 2. The Morgan fingerprint density at radius 2 is 2.24 bits per heavy atom. The molecule has 0 fully saturated rings. The second-order valence-electron chi connectivity index (χ2n) is 2.96. The predicted octanol–water partition coefficient (Wildman–Crippen LogP) is 2.21. The van der Waals surface area contributed by atoms with Crippen molar-refractivity contribution in [2.45, 2.75) is 12.8 Å². The average molecular weight is 267 g/mol. The Morgan fingerprint density at radius 3 is 2.65 bits per heavy atom. The molecular weight excluding hydrogens is 262 g/mol. The van der Waals surface area contributed by atoms with Gasteiger partial charge in [0.1, 0.15) is 10.8 Å². The molecule has 17 heavy (non-hydrogen) atoms. The summed E-state index contributed by atoms with van der Waals surface area (Å²) in [5.74, 6) is -1.37. The van der Waals surface area contributed by atoms with E-state index in [1.54, 1.807) is 0 Å². The molecule has 0 bridgehead atoms. The van der Waals surface area contributed by atoms with E-state index in [9.17, 15) is 23.7 Å². The molecule has 0 atom stereocenters. The molecular formula is C8H5ClF2N2O4. The van der Waals surface area contributed by atoms with Crippen molar-refractivity contribution >= 4 is 23.3 Å². The maximum atomic E-state index is 12.3. The van der Waals surface area contributed by atoms with E-state index in [1.807, 2.05) is 0 Å². The summed E-state index contributed by atoms with van der Waals surface area (Å²) in [6.07, 6.45) is -3.78. The van der Waals surface area contributed by atoms with Crippen molar-refractivity contribution in [2.75, 3.05) is 0 Å². The minimum Gasteiger partial charge on any atom is -0.481 e. The Bertz CT molecular complexity index is 481. The van der Waals surface area contributed by atoms with Gasteiger partial charge in [-0.3, -0.25) is 14.9 Å². The van der Waals surface area contributed by atoms with Crippen molar-refractivity contribution < 1.29 is 23.6 Å². The molecule has 0 saturated heterocycles. The van der Waals surface area contributed by atoms with Gasteiger partial charge in [-0.25, -0.2) is 13.8 Å². The van der Waals surface area contributed by atoms with Crippen molar-refractivity contribution in [1.82, 2.24) is 4.98 Å². The summed E-state index contributed by atoms with van der Waals surface area (Å²) in [7, 11) is 0. The number of carboxylic acid groups (broad SMARTS) is 1. The normalized spacial score (nSPS) is 10.6. The summed E-state index contributed by atoms with van der Waals surface area (Å²) in [5, 5.41) is 18.5. The molecule has 1 N–H and O–H groups in total. The monoisotopic (exact) mass is 266 g/mol. The first-order chi connectivity index (χ1) is 7.82. The van der Waals surface area contributed by atoms with E-state index in [-0.39, 0.29) is 0 Å². The van der Waals surface area contributed by atoms with Crippen LogP contribution in [0.4, 0.5) is 14.5 Å². The number of aliphatic carboxylic acids is 1. The summed E-state index contributed by atoms with van der Waals surface area (Å²) < 4.78 is 24.6. The van der Waals surface area contributed by atoms with Crippen LogP contribution in [0, 0.1) is 10.1 Å². The van der Waals surface area contributed by atoms with E-state index in [0.29, 0.717) is 6.07 Å². The van der Waals surface area contributed by atoms with Gasteiger partial charge in [0.25, 0.3) is 12.1 Å². The molecule has 1 rings (SSSR count). The fourth-order valence-corrected chi connectivity index (χ4v) is 1.40. The van der Waals surface area contributed by atoms with Crippen LogP contribution in [0.5, 0.6) is 0 Å². The molecule has 0 aromatic carbocycles. The SMILES string of the molecule is O=C(O)Cc1c([N+](=O)[O-])cc(C(F)F)nc1Cl. The molecule has 0 amide bonds. The molecule has 0 radical (unpaired) electrons. The van der Waals surface area contributed by atoms with Gasteiger partial charge in [0.15, 0.2) is 0 Å². The zero-order valence-corrected chi connectivity index (χ0v) is 8.82. The minimum atomic E-state index is -3.02. The van der Waals surface area contributed by atoms with Crippen LogP contribution in [0.2, 0.25) is 5.15 Å². The maximum absolute atomic E-state index is 12.3. The molecule has 6 nitrogen and oxygen atoms in total. The van der Waals surface area contributed by atoms with Gasteiger partial charge in [-0.15, -0.1) is 0 Å². The first kappa shape index (κ1) is 13.2. The molecule has 0 aliphatic carbocycles. The van der Waals surface area contributed by atoms with E-state index in [4.69, 9.17) is 16.7 Å². The third-order valence-electron chi connectivity index (χ3n) is 1.82. The van der Waals surface area contributed by atoms with E-state index in [2.05, 4.69) is 4.98 Å². The molecule has 0 spiro atoms. The highest BCUT2D eigenvalue weighted by molar-refractivity contribution is 6.30. The number of hydrogen-bond acceptors (Lipinski definition) is 4. The first-order valence-corrected chi connectivity index (χ1v) is 4.54. The fraction of sp³-hybridized carbons (Fsp3) is 0.250. The zero-order valence-electron chi connectivity index (χ0n) is 8.06. The lowest BCUT2D eigenvalue weighted by Crippen LogP contribution is -2.07. The number of rotatable bonds is 4. The quantitative estimate of drug-likeness (QED) is 0.512. The van der Waals surface area contributed by atoms with Crippen LogP contribution in [0.25, 0.3) is 0 Å². The van der Waals surface area contributed by atoms with Crippen molar-refractivity contribution in [1.29, 1.82) is 0 Å². The van der Waals surface area contributed by atoms with Crippen LogP contribution >= 0.6 is 11.6 Å². The van der Waals surface area contributed by atoms with Gasteiger partial charge in [0.05, 0.1) is 16.9 Å². The topological polar surface area (TPSA) is 93.3 Å². The molecule has 1 aromatic heterocycles. The Hall–Kier alpha value is -1.83. The molecule has 0 aliphatic rings. The fourth-order valence-electron chi connectivity index (χ4n) is 1.14. The summed E-state index contributed by atoms with van der Waals surface area (Å²) in [6.45, 7) is 0. The predicted molar refractivity (Wildman–Crippen MR) is 52.2 cm³/mol. The van der Waals surface area contributed by atoms with Crippen molar-refractivity contribution in [3.05, 3.63) is 32.6 Å². The zero-order chi connectivity index (χ0) is 13.2. The number of carbonyl (C=O) groups is 1. The Morgan fingerprint density at radius 1 is 1.65 bits per heavy atom. The standard InChI is InChI=1S/C8H5ClF2N2O4/c9-7-3(1-6(14)15)5(13(16)17)2-4(12-7)8(10)11/h2,8H,1H2,(H,14,15). The second-order valence-corrected chi connectivity index (χ2v) is 3.32.